The van der Waals surface area contributed by atoms with Crippen molar-refractivity contribution in [3.8, 4) is 0 Å². The molecule has 2 heterocycles. The highest BCUT2D eigenvalue weighted by Gasteiger charge is 2.14. The topological polar surface area (TPSA) is 60.1 Å². The lowest BCUT2D eigenvalue weighted by Crippen LogP contribution is -2.29. The minimum atomic E-state index is -0.0591. The molecule has 0 saturated heterocycles. The Morgan fingerprint density at radius 2 is 2.26 bits per heavy atom. The zero-order valence-electron chi connectivity index (χ0n) is 11.2. The molecule has 0 radical (unpaired) electrons. The van der Waals surface area contributed by atoms with Gasteiger partial charge in [-0.2, -0.15) is 5.10 Å². The zero-order chi connectivity index (χ0) is 14.0. The largest absolute Gasteiger partial charge is 0.307 e. The quantitative estimate of drug-likeness (QED) is 0.839. The Morgan fingerprint density at radius 1 is 1.53 bits per heavy atom. The standard InChI is InChI=1S/C12H16N4O2S/c1-9-8-19-12(18)16(9)7-5-11(17)15(3)10-4-6-14(2)13-10/h4,6,8H,5,7H2,1-3H3. The normalized spacial score (nSPS) is 10.7. The van der Waals surface area contributed by atoms with Crippen LogP contribution in [0.15, 0.2) is 22.4 Å². The van der Waals surface area contributed by atoms with E-state index in [-0.39, 0.29) is 17.2 Å². The number of thiazole rings is 1. The van der Waals surface area contributed by atoms with Crippen LogP contribution in [0.4, 0.5) is 5.82 Å². The van der Waals surface area contributed by atoms with Crippen molar-refractivity contribution in [2.45, 2.75) is 19.9 Å². The van der Waals surface area contributed by atoms with E-state index in [1.54, 1.807) is 41.0 Å². The minimum absolute atomic E-state index is 0.0224. The summed E-state index contributed by atoms with van der Waals surface area (Å²) in [5.41, 5.74) is 0.892. The van der Waals surface area contributed by atoms with Gasteiger partial charge in [0.1, 0.15) is 0 Å². The van der Waals surface area contributed by atoms with Crippen LogP contribution in [-0.2, 0) is 18.4 Å². The van der Waals surface area contributed by atoms with Gasteiger partial charge in [-0.1, -0.05) is 11.3 Å². The Hall–Kier alpha value is -1.89. The summed E-state index contributed by atoms with van der Waals surface area (Å²) in [7, 11) is 3.49. The summed E-state index contributed by atoms with van der Waals surface area (Å²) in [6.45, 7) is 2.27. The highest BCUT2D eigenvalue weighted by Crippen LogP contribution is 2.10. The molecule has 102 valence electrons. The number of carbonyl (C=O) groups excluding carboxylic acids is 1. The van der Waals surface area contributed by atoms with Crippen LogP contribution < -0.4 is 9.77 Å². The van der Waals surface area contributed by atoms with E-state index in [0.717, 1.165) is 17.0 Å². The summed E-state index contributed by atoms with van der Waals surface area (Å²) in [5.74, 6) is 0.554. The van der Waals surface area contributed by atoms with Crippen molar-refractivity contribution in [1.29, 1.82) is 0 Å². The smallest absolute Gasteiger partial charge is 0.303 e. The number of nitrogens with zero attached hydrogens (tertiary/aromatic N) is 4. The summed E-state index contributed by atoms with van der Waals surface area (Å²) < 4.78 is 3.27. The van der Waals surface area contributed by atoms with Crippen LogP contribution >= 0.6 is 11.3 Å². The van der Waals surface area contributed by atoms with E-state index in [9.17, 15) is 9.59 Å². The molecule has 0 bridgehead atoms. The van der Waals surface area contributed by atoms with Crippen LogP contribution in [-0.4, -0.2) is 27.3 Å². The number of amides is 1. The molecule has 2 rings (SSSR count). The SMILES string of the molecule is Cc1csc(=O)n1CCC(=O)N(C)c1ccn(C)n1. The van der Waals surface area contributed by atoms with Crippen molar-refractivity contribution in [1.82, 2.24) is 14.3 Å². The second-order valence-corrected chi connectivity index (χ2v) is 5.17. The molecule has 1 amide bonds. The lowest BCUT2D eigenvalue weighted by atomic mass is 10.3. The first kappa shape index (κ1) is 13.5. The van der Waals surface area contributed by atoms with Crippen LogP contribution in [0.3, 0.4) is 0 Å². The third-order valence-electron chi connectivity index (χ3n) is 2.94. The molecular formula is C12H16N4O2S. The van der Waals surface area contributed by atoms with E-state index in [1.165, 1.54) is 4.90 Å². The fourth-order valence-electron chi connectivity index (χ4n) is 1.76. The van der Waals surface area contributed by atoms with Crippen molar-refractivity contribution in [2.75, 3.05) is 11.9 Å². The molecule has 0 spiro atoms. The van der Waals surface area contributed by atoms with E-state index in [1.807, 2.05) is 6.92 Å². The van der Waals surface area contributed by atoms with Gasteiger partial charge in [-0.05, 0) is 6.92 Å². The fraction of sp³-hybridized carbons (Fsp3) is 0.417. The van der Waals surface area contributed by atoms with Crippen molar-refractivity contribution in [3.05, 3.63) is 33.0 Å². The average Bonchev–Trinajstić information content (AvgIpc) is 2.93. The lowest BCUT2D eigenvalue weighted by molar-refractivity contribution is -0.118. The lowest BCUT2D eigenvalue weighted by Gasteiger charge is -2.14. The van der Waals surface area contributed by atoms with Gasteiger partial charge in [-0.25, -0.2) is 0 Å². The molecule has 0 fully saturated rings. The maximum Gasteiger partial charge on any atom is 0.307 e. The van der Waals surface area contributed by atoms with Crippen molar-refractivity contribution in [3.63, 3.8) is 0 Å². The molecule has 0 saturated carbocycles. The first-order chi connectivity index (χ1) is 8.99. The number of anilines is 1. The summed E-state index contributed by atoms with van der Waals surface area (Å²) in [6, 6.07) is 1.78. The molecule has 0 aliphatic carbocycles. The second kappa shape index (κ2) is 5.40. The van der Waals surface area contributed by atoms with Crippen molar-refractivity contribution >= 4 is 23.1 Å². The van der Waals surface area contributed by atoms with E-state index in [0.29, 0.717) is 12.4 Å². The van der Waals surface area contributed by atoms with Crippen LogP contribution in [0, 0.1) is 6.92 Å². The molecule has 0 unspecified atom stereocenters. The van der Waals surface area contributed by atoms with Crippen molar-refractivity contribution < 1.29 is 4.79 Å². The number of rotatable bonds is 4. The Morgan fingerprint density at radius 3 is 2.79 bits per heavy atom. The first-order valence-electron chi connectivity index (χ1n) is 5.90. The van der Waals surface area contributed by atoms with Gasteiger partial charge in [0.15, 0.2) is 5.82 Å². The Balaban J connectivity index is 2.00. The molecule has 0 N–H and O–H groups in total. The minimum Gasteiger partial charge on any atom is -0.303 e. The average molecular weight is 280 g/mol. The fourth-order valence-corrected chi connectivity index (χ4v) is 2.52. The molecule has 7 heteroatoms. The number of hydrogen-bond donors (Lipinski definition) is 0. The predicted molar refractivity (Wildman–Crippen MR) is 74.6 cm³/mol. The molecular weight excluding hydrogens is 264 g/mol. The summed E-state index contributed by atoms with van der Waals surface area (Å²) in [4.78, 5) is 25.1. The molecule has 2 aromatic heterocycles. The van der Waals surface area contributed by atoms with E-state index in [2.05, 4.69) is 5.10 Å². The van der Waals surface area contributed by atoms with Crippen LogP contribution in [0.2, 0.25) is 0 Å². The first-order valence-corrected chi connectivity index (χ1v) is 6.78. The summed E-state index contributed by atoms with van der Waals surface area (Å²) in [6.07, 6.45) is 2.07. The van der Waals surface area contributed by atoms with Gasteiger partial charge in [0.25, 0.3) is 0 Å². The number of hydrogen-bond acceptors (Lipinski definition) is 4. The Kier molecular flexibility index (Phi) is 3.84. The molecule has 2 aromatic rings. The second-order valence-electron chi connectivity index (χ2n) is 4.34. The highest BCUT2D eigenvalue weighted by atomic mass is 32.1. The molecule has 0 aliphatic rings. The number of carbonyl (C=O) groups is 1. The molecule has 0 atom stereocenters. The van der Waals surface area contributed by atoms with Gasteiger partial charge in [-0.15, -0.1) is 0 Å². The van der Waals surface area contributed by atoms with Gasteiger partial charge in [0.05, 0.1) is 0 Å². The molecule has 0 aromatic carbocycles. The number of aromatic nitrogens is 3. The maximum absolute atomic E-state index is 12.0. The van der Waals surface area contributed by atoms with Crippen LogP contribution in [0.5, 0.6) is 0 Å². The monoisotopic (exact) mass is 280 g/mol. The molecule has 6 nitrogen and oxygen atoms in total. The highest BCUT2D eigenvalue weighted by molar-refractivity contribution is 7.07. The van der Waals surface area contributed by atoms with Gasteiger partial charge < -0.3 is 4.57 Å². The van der Waals surface area contributed by atoms with E-state index < -0.39 is 0 Å². The Labute approximate surface area is 114 Å². The summed E-state index contributed by atoms with van der Waals surface area (Å²) in [5, 5.41) is 5.97. The van der Waals surface area contributed by atoms with E-state index >= 15 is 0 Å². The third kappa shape index (κ3) is 2.93. The van der Waals surface area contributed by atoms with Gasteiger partial charge in [0.2, 0.25) is 5.91 Å². The van der Waals surface area contributed by atoms with Crippen molar-refractivity contribution in [2.24, 2.45) is 7.05 Å². The third-order valence-corrected chi connectivity index (χ3v) is 3.82. The van der Waals surface area contributed by atoms with Crippen LogP contribution in [0.25, 0.3) is 0 Å². The van der Waals surface area contributed by atoms with Gasteiger partial charge in [0, 0.05) is 50.4 Å². The van der Waals surface area contributed by atoms with Gasteiger partial charge in [-0.3, -0.25) is 19.2 Å². The van der Waals surface area contributed by atoms with Crippen LogP contribution in [0.1, 0.15) is 12.1 Å². The van der Waals surface area contributed by atoms with E-state index in [4.69, 9.17) is 0 Å². The predicted octanol–water partition coefficient (Wildman–Crippen LogP) is 1.00. The zero-order valence-corrected chi connectivity index (χ0v) is 12.0. The Bertz CT molecular complexity index is 640. The molecule has 0 aliphatic heterocycles. The van der Waals surface area contributed by atoms with Gasteiger partial charge >= 0.3 is 4.87 Å². The maximum atomic E-state index is 12.0. The number of aryl methyl sites for hydroxylation is 2. The summed E-state index contributed by atoms with van der Waals surface area (Å²) >= 11 is 1.16. The molecule has 19 heavy (non-hydrogen) atoms.